The average molecular weight is 291 g/mol. The standard InChI is InChI=1S/C8H12.BrH.Rh/c1-2-4-6-8-7-5-3-1;;/h1-2,7-8H,3-6H2;1H;/q;;+1/p-1/b2-1-,8-7-;;. The molecule has 0 aromatic carbocycles. The molecule has 0 saturated carbocycles. The van der Waals surface area contributed by atoms with Gasteiger partial charge in [0.05, 0.1) is 0 Å². The first-order valence-corrected chi connectivity index (χ1v) is 7.17. The summed E-state index contributed by atoms with van der Waals surface area (Å²) in [6.45, 7) is 0. The molecule has 10 heavy (non-hydrogen) atoms. The molecule has 0 spiro atoms. The topological polar surface area (TPSA) is 0 Å². The molecule has 0 heterocycles. The summed E-state index contributed by atoms with van der Waals surface area (Å²) in [5.74, 6) is 0. The second kappa shape index (κ2) is 9.58. The van der Waals surface area contributed by atoms with Crippen LogP contribution >= 0.6 is 13.6 Å². The van der Waals surface area contributed by atoms with E-state index in [1.165, 1.54) is 25.7 Å². The van der Waals surface area contributed by atoms with E-state index in [0.717, 1.165) is 0 Å². The van der Waals surface area contributed by atoms with Crippen LogP contribution in [0.2, 0.25) is 0 Å². The SMILES string of the molecule is C1=C\CC/C=C\CC/1.[Br][Rh]. The summed E-state index contributed by atoms with van der Waals surface area (Å²) in [5.41, 5.74) is 0. The fraction of sp³-hybridized carbons (Fsp3) is 0.500. The van der Waals surface area contributed by atoms with E-state index in [1.54, 1.807) is 0 Å². The van der Waals surface area contributed by atoms with Crippen molar-refractivity contribution >= 4 is 13.6 Å². The molecule has 1 rings (SSSR count). The molecular weight excluding hydrogens is 279 g/mol. The molecular formula is C8H12BrRh. The van der Waals surface area contributed by atoms with Crippen molar-refractivity contribution in [1.82, 2.24) is 0 Å². The van der Waals surface area contributed by atoms with Crippen molar-refractivity contribution in [3.63, 3.8) is 0 Å². The summed E-state index contributed by atoms with van der Waals surface area (Å²) >= 11 is 5.19. The Morgan fingerprint density at radius 2 is 0.900 bits per heavy atom. The van der Waals surface area contributed by atoms with Gasteiger partial charge in [-0.1, -0.05) is 24.3 Å². The first kappa shape index (κ1) is 10.6. The normalized spacial score (nSPS) is 23.1. The Kier molecular flexibility index (Phi) is 10.1. The van der Waals surface area contributed by atoms with Crippen molar-refractivity contribution in [3.8, 4) is 0 Å². The molecule has 2 heteroatoms. The molecule has 0 aliphatic heterocycles. The van der Waals surface area contributed by atoms with Gasteiger partial charge in [-0.05, 0) is 25.7 Å². The minimum absolute atomic E-state index is 1.23. The summed E-state index contributed by atoms with van der Waals surface area (Å²) in [7, 11) is 0. The molecule has 0 fully saturated rings. The fourth-order valence-corrected chi connectivity index (χ4v) is 0.856. The summed E-state index contributed by atoms with van der Waals surface area (Å²) in [6, 6.07) is 0. The Hall–Kier alpha value is 0.583. The van der Waals surface area contributed by atoms with Crippen molar-refractivity contribution in [2.75, 3.05) is 0 Å². The third-order valence-corrected chi connectivity index (χ3v) is 1.33. The molecule has 0 saturated heterocycles. The van der Waals surface area contributed by atoms with Crippen molar-refractivity contribution in [2.24, 2.45) is 0 Å². The molecule has 0 nitrogen and oxygen atoms in total. The average Bonchev–Trinajstić information content (AvgIpc) is 1.90. The van der Waals surface area contributed by atoms with Gasteiger partial charge in [-0.15, -0.1) is 0 Å². The predicted molar refractivity (Wildman–Crippen MR) is 45.7 cm³/mol. The third kappa shape index (κ3) is 6.70. The van der Waals surface area contributed by atoms with Crippen LogP contribution in [0.25, 0.3) is 0 Å². The molecule has 0 N–H and O–H groups in total. The molecule has 60 valence electrons. The second-order valence-electron chi connectivity index (χ2n) is 2.10. The Morgan fingerprint density at radius 1 is 0.700 bits per heavy atom. The Bertz CT molecular complexity index is 81.8. The van der Waals surface area contributed by atoms with Gasteiger partial charge in [0, 0.05) is 0 Å². The minimum atomic E-state index is 1.23. The van der Waals surface area contributed by atoms with Gasteiger partial charge in [0.1, 0.15) is 0 Å². The summed E-state index contributed by atoms with van der Waals surface area (Å²) in [4.78, 5) is 0. The van der Waals surface area contributed by atoms with Crippen LogP contribution in [0.3, 0.4) is 0 Å². The Balaban J connectivity index is 0.000000371. The first-order valence-electron chi connectivity index (χ1n) is 3.43. The quantitative estimate of drug-likeness (QED) is 0.473. The van der Waals surface area contributed by atoms with Gasteiger partial charge < -0.3 is 0 Å². The Labute approximate surface area is 79.8 Å². The number of rotatable bonds is 0. The maximum atomic E-state index is 2.83. The summed E-state index contributed by atoms with van der Waals surface area (Å²) in [6.07, 6.45) is 14.0. The van der Waals surface area contributed by atoms with Gasteiger partial charge >= 0.3 is 30.0 Å². The van der Waals surface area contributed by atoms with Crippen molar-refractivity contribution < 1.29 is 16.3 Å². The molecule has 0 amide bonds. The van der Waals surface area contributed by atoms with E-state index in [-0.39, 0.29) is 0 Å². The van der Waals surface area contributed by atoms with Crippen LogP contribution in [0.4, 0.5) is 0 Å². The molecule has 0 aromatic heterocycles. The number of allylic oxidation sites excluding steroid dienone is 4. The van der Waals surface area contributed by atoms with Gasteiger partial charge in [0.15, 0.2) is 0 Å². The van der Waals surface area contributed by atoms with Crippen molar-refractivity contribution in [3.05, 3.63) is 24.3 Å². The van der Waals surface area contributed by atoms with Gasteiger partial charge in [-0.2, -0.15) is 0 Å². The van der Waals surface area contributed by atoms with Crippen molar-refractivity contribution in [2.45, 2.75) is 25.7 Å². The fourth-order valence-electron chi connectivity index (χ4n) is 0.856. The maximum absolute atomic E-state index is 2.83. The van der Waals surface area contributed by atoms with E-state index in [1.807, 2.05) is 0 Å². The molecule has 0 atom stereocenters. The number of hydrogen-bond acceptors (Lipinski definition) is 0. The molecule has 0 bridgehead atoms. The summed E-state index contributed by atoms with van der Waals surface area (Å²) in [5, 5.41) is 0. The van der Waals surface area contributed by atoms with Gasteiger partial charge in [0.25, 0.3) is 0 Å². The van der Waals surface area contributed by atoms with Gasteiger partial charge in [-0.3, -0.25) is 0 Å². The number of hydrogen-bond donors (Lipinski definition) is 0. The molecule has 0 aromatic rings. The van der Waals surface area contributed by atoms with Crippen LogP contribution < -0.4 is 0 Å². The van der Waals surface area contributed by atoms with Gasteiger partial charge in [0.2, 0.25) is 0 Å². The second-order valence-corrected chi connectivity index (χ2v) is 2.10. The van der Waals surface area contributed by atoms with E-state index >= 15 is 0 Å². The molecule has 1 aliphatic rings. The zero-order valence-corrected chi connectivity index (χ0v) is 9.07. The van der Waals surface area contributed by atoms with Gasteiger partial charge in [-0.25, -0.2) is 0 Å². The van der Waals surface area contributed by atoms with Crippen LogP contribution in [0.5, 0.6) is 0 Å². The van der Waals surface area contributed by atoms with Crippen LogP contribution in [-0.2, 0) is 16.3 Å². The first-order chi connectivity index (χ1) is 5.00. The third-order valence-electron chi connectivity index (χ3n) is 1.33. The molecule has 1 aliphatic carbocycles. The monoisotopic (exact) mass is 290 g/mol. The van der Waals surface area contributed by atoms with Crippen LogP contribution in [0.15, 0.2) is 24.3 Å². The molecule has 0 radical (unpaired) electrons. The van der Waals surface area contributed by atoms with Crippen LogP contribution in [0.1, 0.15) is 25.7 Å². The van der Waals surface area contributed by atoms with E-state index < -0.39 is 0 Å². The van der Waals surface area contributed by atoms with Crippen molar-refractivity contribution in [1.29, 1.82) is 0 Å². The Morgan fingerprint density at radius 3 is 1.10 bits per heavy atom. The van der Waals surface area contributed by atoms with Crippen LogP contribution in [-0.4, -0.2) is 0 Å². The van der Waals surface area contributed by atoms with E-state index in [4.69, 9.17) is 0 Å². The van der Waals surface area contributed by atoms with E-state index in [0.29, 0.717) is 0 Å². The summed E-state index contributed by atoms with van der Waals surface area (Å²) < 4.78 is 0. The zero-order valence-electron chi connectivity index (χ0n) is 5.85. The van der Waals surface area contributed by atoms with Crippen LogP contribution in [0, 0.1) is 0 Å². The number of halogens is 1. The van der Waals surface area contributed by atoms with E-state index in [2.05, 4.69) is 54.3 Å². The van der Waals surface area contributed by atoms with E-state index in [9.17, 15) is 0 Å². The predicted octanol–water partition coefficient (Wildman–Crippen LogP) is 3.52. The zero-order chi connectivity index (χ0) is 7.66. The molecule has 0 unspecified atom stereocenters.